The molecule has 22 heavy (non-hydrogen) atoms. The average molecular weight is 306 g/mol. The minimum atomic E-state index is -1.33. The number of amides is 2. The molecular weight excluding hydrogens is 288 g/mol. The van der Waals surface area contributed by atoms with Gasteiger partial charge < -0.3 is 25.4 Å². The molecule has 0 aromatic heterocycles. The highest BCUT2D eigenvalue weighted by Crippen LogP contribution is 2.09. The van der Waals surface area contributed by atoms with Gasteiger partial charge in [0, 0.05) is 26.2 Å². The molecular formula is C14H18N4O4. The third-order valence-electron chi connectivity index (χ3n) is 2.88. The van der Waals surface area contributed by atoms with Gasteiger partial charge in [-0.3, -0.25) is 4.79 Å². The number of benzene rings is 1. The number of primary amides is 1. The van der Waals surface area contributed by atoms with Crippen molar-refractivity contribution in [1.29, 1.82) is 5.26 Å². The van der Waals surface area contributed by atoms with E-state index in [2.05, 4.69) is 11.9 Å². The van der Waals surface area contributed by atoms with E-state index in [0.29, 0.717) is 31.9 Å². The van der Waals surface area contributed by atoms with Gasteiger partial charge in [0.05, 0.1) is 0 Å². The van der Waals surface area contributed by atoms with Gasteiger partial charge in [-0.25, -0.2) is 4.79 Å². The second kappa shape index (κ2) is 9.07. The first-order valence-corrected chi connectivity index (χ1v) is 6.61. The zero-order valence-electron chi connectivity index (χ0n) is 12.0. The number of nitriles is 1. The van der Waals surface area contributed by atoms with Gasteiger partial charge in [-0.1, -0.05) is 18.2 Å². The van der Waals surface area contributed by atoms with Crippen molar-refractivity contribution in [3.8, 4) is 11.9 Å². The summed E-state index contributed by atoms with van der Waals surface area (Å²) in [5.74, 6) is 0.665. The molecule has 118 valence electrons. The molecule has 0 radical (unpaired) electrons. The van der Waals surface area contributed by atoms with Crippen LogP contribution < -0.4 is 10.5 Å². The van der Waals surface area contributed by atoms with Crippen molar-refractivity contribution in [2.75, 3.05) is 32.8 Å². The molecule has 0 unspecified atom stereocenters. The highest BCUT2D eigenvalue weighted by atomic mass is 16.5. The van der Waals surface area contributed by atoms with Crippen LogP contribution in [0, 0.1) is 11.5 Å². The highest BCUT2D eigenvalue weighted by molar-refractivity contribution is 5.77. The quantitative estimate of drug-likeness (QED) is 0.776. The molecule has 8 heteroatoms. The lowest BCUT2D eigenvalue weighted by Crippen LogP contribution is -2.48. The number of nitrogens with zero attached hydrogens (tertiary/aromatic N) is 3. The van der Waals surface area contributed by atoms with Crippen molar-refractivity contribution in [2.45, 2.75) is 0 Å². The first-order valence-electron chi connectivity index (χ1n) is 6.61. The van der Waals surface area contributed by atoms with Crippen LogP contribution in [0.5, 0.6) is 5.75 Å². The molecule has 1 aliphatic rings. The fourth-order valence-corrected chi connectivity index (χ4v) is 1.81. The van der Waals surface area contributed by atoms with Crippen LogP contribution in [0.15, 0.2) is 30.3 Å². The predicted molar refractivity (Wildman–Crippen MR) is 77.9 cm³/mol. The van der Waals surface area contributed by atoms with E-state index < -0.39 is 6.09 Å². The topological polar surface area (TPSA) is 120 Å². The summed E-state index contributed by atoms with van der Waals surface area (Å²) in [6.07, 6.45) is 0.752. The fourth-order valence-electron chi connectivity index (χ4n) is 1.81. The Morgan fingerprint density at radius 1 is 1.23 bits per heavy atom. The standard InChI is InChI=1S/C13H15N3O2.CH3NO2/c14-11-15-6-8-16(9-7-15)13(17)10-18-12-4-2-1-3-5-12;2-1(3)4/h1-5H,6-10H2;2H2,(H,3,4). The number of para-hydroxylation sites is 1. The zero-order chi connectivity index (χ0) is 16.4. The number of nitrogens with two attached hydrogens (primary N) is 1. The summed E-state index contributed by atoms with van der Waals surface area (Å²) in [7, 11) is 0. The minimum Gasteiger partial charge on any atom is -0.484 e. The number of carbonyl (C=O) groups excluding carboxylic acids is 1. The largest absolute Gasteiger partial charge is 0.484 e. The molecule has 0 spiro atoms. The molecule has 8 nitrogen and oxygen atoms in total. The van der Waals surface area contributed by atoms with Gasteiger partial charge in [0.1, 0.15) is 5.75 Å². The molecule has 0 atom stereocenters. The predicted octanol–water partition coefficient (Wildman–Crippen LogP) is 0.314. The van der Waals surface area contributed by atoms with Gasteiger partial charge >= 0.3 is 6.09 Å². The molecule has 1 aliphatic heterocycles. The maximum atomic E-state index is 11.9. The van der Waals surface area contributed by atoms with E-state index in [1.807, 2.05) is 30.3 Å². The Morgan fingerprint density at radius 3 is 2.27 bits per heavy atom. The number of carbonyl (C=O) groups is 2. The Morgan fingerprint density at radius 2 is 1.77 bits per heavy atom. The molecule has 1 aromatic carbocycles. The van der Waals surface area contributed by atoms with E-state index in [0.717, 1.165) is 0 Å². The lowest BCUT2D eigenvalue weighted by molar-refractivity contribution is -0.134. The molecule has 0 bridgehead atoms. The van der Waals surface area contributed by atoms with E-state index in [-0.39, 0.29) is 12.5 Å². The zero-order valence-corrected chi connectivity index (χ0v) is 12.0. The number of carboxylic acid groups (broad SMARTS) is 1. The van der Waals surface area contributed by atoms with E-state index in [1.165, 1.54) is 0 Å². The number of hydrogen-bond donors (Lipinski definition) is 2. The molecule has 1 fully saturated rings. The summed E-state index contributed by atoms with van der Waals surface area (Å²) in [5, 5.41) is 15.9. The second-order valence-electron chi connectivity index (χ2n) is 4.41. The minimum absolute atomic E-state index is 0.0311. The summed E-state index contributed by atoms with van der Waals surface area (Å²) in [5.41, 5.74) is 4.03. The number of piperazine rings is 1. The van der Waals surface area contributed by atoms with Gasteiger partial charge in [-0.2, -0.15) is 5.26 Å². The van der Waals surface area contributed by atoms with Crippen LogP contribution in [0.25, 0.3) is 0 Å². The van der Waals surface area contributed by atoms with Crippen molar-refractivity contribution < 1.29 is 19.4 Å². The Balaban J connectivity index is 0.000000541. The summed E-state index contributed by atoms with van der Waals surface area (Å²) in [6.45, 7) is 2.44. The number of ether oxygens (including phenoxy) is 1. The molecule has 2 rings (SSSR count). The van der Waals surface area contributed by atoms with Crippen LogP contribution >= 0.6 is 0 Å². The van der Waals surface area contributed by atoms with Crippen molar-refractivity contribution in [1.82, 2.24) is 9.80 Å². The van der Waals surface area contributed by atoms with Gasteiger partial charge in [0.15, 0.2) is 12.8 Å². The Hall–Kier alpha value is -2.95. The lowest BCUT2D eigenvalue weighted by Gasteiger charge is -2.31. The van der Waals surface area contributed by atoms with Crippen LogP contribution in [0.4, 0.5) is 4.79 Å². The van der Waals surface area contributed by atoms with Crippen LogP contribution in [-0.4, -0.2) is 59.7 Å². The summed E-state index contributed by atoms with van der Waals surface area (Å²) < 4.78 is 5.40. The van der Waals surface area contributed by atoms with Gasteiger partial charge in [-0.05, 0) is 12.1 Å². The van der Waals surface area contributed by atoms with Crippen LogP contribution in [0.3, 0.4) is 0 Å². The van der Waals surface area contributed by atoms with E-state index >= 15 is 0 Å². The van der Waals surface area contributed by atoms with Crippen molar-refractivity contribution in [2.24, 2.45) is 5.73 Å². The van der Waals surface area contributed by atoms with Crippen molar-refractivity contribution >= 4 is 12.0 Å². The average Bonchev–Trinajstić information content (AvgIpc) is 2.53. The molecule has 0 saturated carbocycles. The van der Waals surface area contributed by atoms with Gasteiger partial charge in [0.25, 0.3) is 5.91 Å². The number of hydrogen-bond acceptors (Lipinski definition) is 5. The Labute approximate surface area is 128 Å². The Kier molecular flexibility index (Phi) is 7.05. The maximum Gasteiger partial charge on any atom is 0.402 e. The molecule has 1 aromatic rings. The summed E-state index contributed by atoms with van der Waals surface area (Å²) in [4.78, 5) is 24.0. The highest BCUT2D eigenvalue weighted by Gasteiger charge is 2.20. The first kappa shape index (κ1) is 17.1. The molecule has 1 saturated heterocycles. The van der Waals surface area contributed by atoms with Gasteiger partial charge in [0.2, 0.25) is 0 Å². The number of rotatable bonds is 3. The second-order valence-corrected chi connectivity index (χ2v) is 4.41. The molecule has 3 N–H and O–H groups in total. The SMILES string of the molecule is N#CN1CCN(C(=O)COc2ccccc2)CC1.NC(=O)O. The maximum absolute atomic E-state index is 11.9. The summed E-state index contributed by atoms with van der Waals surface area (Å²) >= 11 is 0. The van der Waals surface area contributed by atoms with Crippen LogP contribution in [-0.2, 0) is 4.79 Å². The summed E-state index contributed by atoms with van der Waals surface area (Å²) in [6, 6.07) is 9.27. The third-order valence-corrected chi connectivity index (χ3v) is 2.88. The Bertz CT molecular complexity index is 517. The normalized spacial score (nSPS) is 13.4. The van der Waals surface area contributed by atoms with Crippen molar-refractivity contribution in [3.05, 3.63) is 30.3 Å². The van der Waals surface area contributed by atoms with Crippen LogP contribution in [0.2, 0.25) is 0 Å². The third kappa shape index (κ3) is 6.47. The molecule has 2 amide bonds. The molecule has 1 heterocycles. The molecule has 0 aliphatic carbocycles. The van der Waals surface area contributed by atoms with E-state index in [1.54, 1.807) is 9.80 Å². The monoisotopic (exact) mass is 306 g/mol. The van der Waals surface area contributed by atoms with E-state index in [4.69, 9.17) is 19.9 Å². The van der Waals surface area contributed by atoms with Crippen molar-refractivity contribution in [3.63, 3.8) is 0 Å². The van der Waals surface area contributed by atoms with Crippen LogP contribution in [0.1, 0.15) is 0 Å². The smallest absolute Gasteiger partial charge is 0.402 e. The first-order chi connectivity index (χ1) is 10.5. The lowest BCUT2D eigenvalue weighted by atomic mass is 10.3. The fraction of sp³-hybridized carbons (Fsp3) is 0.357. The van der Waals surface area contributed by atoms with Gasteiger partial charge in [-0.15, -0.1) is 0 Å². The van der Waals surface area contributed by atoms with E-state index in [9.17, 15) is 4.79 Å².